The number of aliphatic hydroxyl groups is 1. The zero-order valence-corrected chi connectivity index (χ0v) is 9.16. The second-order valence-electron chi connectivity index (χ2n) is 4.30. The Labute approximate surface area is 90.1 Å². The summed E-state index contributed by atoms with van der Waals surface area (Å²) in [5.41, 5.74) is 0.142. The van der Waals surface area contributed by atoms with Crippen molar-refractivity contribution in [3.8, 4) is 5.75 Å². The molecule has 2 rings (SSSR count). The lowest BCUT2D eigenvalue weighted by atomic mass is 9.87. The normalized spacial score (nSPS) is 18.7. The Hall–Kier alpha value is -1.06. The molecule has 1 aromatic carbocycles. The molecule has 3 nitrogen and oxygen atoms in total. The number of rotatable bonds is 3. The van der Waals surface area contributed by atoms with Crippen LogP contribution in [0, 0.1) is 0 Å². The van der Waals surface area contributed by atoms with Crippen molar-refractivity contribution in [1.82, 2.24) is 5.32 Å². The van der Waals surface area contributed by atoms with Gasteiger partial charge in [0.25, 0.3) is 0 Å². The third-order valence-corrected chi connectivity index (χ3v) is 2.59. The minimum Gasteiger partial charge on any atom is -0.491 e. The quantitative estimate of drug-likeness (QED) is 0.784. The van der Waals surface area contributed by atoms with Crippen LogP contribution in [-0.4, -0.2) is 24.3 Å². The third-order valence-electron chi connectivity index (χ3n) is 2.59. The maximum absolute atomic E-state index is 10.2. The lowest BCUT2D eigenvalue weighted by Crippen LogP contribution is -2.56. The Morgan fingerprint density at radius 1 is 1.33 bits per heavy atom. The van der Waals surface area contributed by atoms with E-state index in [2.05, 4.69) is 5.32 Å². The van der Waals surface area contributed by atoms with Crippen molar-refractivity contribution < 1.29 is 9.84 Å². The highest BCUT2D eigenvalue weighted by Crippen LogP contribution is 2.33. The van der Waals surface area contributed by atoms with Crippen LogP contribution in [0.15, 0.2) is 24.3 Å². The van der Waals surface area contributed by atoms with Gasteiger partial charge in [0.2, 0.25) is 0 Å². The smallest absolute Gasteiger partial charge is 0.125 e. The van der Waals surface area contributed by atoms with E-state index in [0.29, 0.717) is 13.1 Å². The van der Waals surface area contributed by atoms with Crippen molar-refractivity contribution in [3.63, 3.8) is 0 Å². The molecule has 0 amide bonds. The van der Waals surface area contributed by atoms with Gasteiger partial charge in [-0.25, -0.2) is 0 Å². The molecule has 0 aliphatic carbocycles. The molecule has 0 saturated carbocycles. The molecular formula is C12H17NO2. The molecular weight excluding hydrogens is 190 g/mol. The van der Waals surface area contributed by atoms with Gasteiger partial charge in [0, 0.05) is 18.7 Å². The van der Waals surface area contributed by atoms with Gasteiger partial charge in [0.1, 0.15) is 11.4 Å². The van der Waals surface area contributed by atoms with Gasteiger partial charge in [-0.2, -0.15) is 0 Å². The standard InChI is InChI=1S/C12H17NO2/c1-9(2)15-11-6-4-3-5-10(11)12(14)7-13-8-12/h3-6,9,13-14H,7-8H2,1-2H3. The molecule has 1 aromatic rings. The first-order chi connectivity index (χ1) is 7.12. The lowest BCUT2D eigenvalue weighted by Gasteiger charge is -2.39. The van der Waals surface area contributed by atoms with Crippen molar-refractivity contribution in [2.45, 2.75) is 25.6 Å². The highest BCUT2D eigenvalue weighted by Gasteiger charge is 2.38. The Bertz CT molecular complexity index is 345. The van der Waals surface area contributed by atoms with Crippen LogP contribution < -0.4 is 10.1 Å². The van der Waals surface area contributed by atoms with Crippen molar-refractivity contribution >= 4 is 0 Å². The van der Waals surface area contributed by atoms with Gasteiger partial charge in [-0.1, -0.05) is 18.2 Å². The highest BCUT2D eigenvalue weighted by atomic mass is 16.5. The summed E-state index contributed by atoms with van der Waals surface area (Å²) >= 11 is 0. The summed E-state index contributed by atoms with van der Waals surface area (Å²) in [4.78, 5) is 0. The molecule has 0 aromatic heterocycles. The topological polar surface area (TPSA) is 41.5 Å². The second-order valence-corrected chi connectivity index (χ2v) is 4.30. The molecule has 15 heavy (non-hydrogen) atoms. The zero-order valence-electron chi connectivity index (χ0n) is 9.16. The van der Waals surface area contributed by atoms with Crippen LogP contribution in [0.4, 0.5) is 0 Å². The first kappa shape index (κ1) is 10.5. The number of benzene rings is 1. The molecule has 1 fully saturated rings. The van der Waals surface area contributed by atoms with E-state index in [0.717, 1.165) is 11.3 Å². The average Bonchev–Trinajstić information content (AvgIpc) is 2.14. The van der Waals surface area contributed by atoms with Crippen molar-refractivity contribution in [2.75, 3.05) is 13.1 Å². The first-order valence-corrected chi connectivity index (χ1v) is 5.31. The van der Waals surface area contributed by atoms with E-state index in [-0.39, 0.29) is 6.10 Å². The van der Waals surface area contributed by atoms with E-state index < -0.39 is 5.60 Å². The molecule has 1 saturated heterocycles. The summed E-state index contributed by atoms with van der Waals surface area (Å²) in [7, 11) is 0. The molecule has 1 heterocycles. The van der Waals surface area contributed by atoms with Gasteiger partial charge in [0.05, 0.1) is 6.10 Å². The molecule has 0 unspecified atom stereocenters. The molecule has 0 atom stereocenters. The van der Waals surface area contributed by atoms with E-state index in [4.69, 9.17) is 4.74 Å². The summed E-state index contributed by atoms with van der Waals surface area (Å²) in [5.74, 6) is 0.788. The fourth-order valence-electron chi connectivity index (χ4n) is 1.76. The maximum Gasteiger partial charge on any atom is 0.125 e. The van der Waals surface area contributed by atoms with Crippen molar-refractivity contribution in [3.05, 3.63) is 29.8 Å². The Morgan fingerprint density at radius 3 is 2.53 bits per heavy atom. The van der Waals surface area contributed by atoms with E-state index in [1.54, 1.807) is 0 Å². The monoisotopic (exact) mass is 207 g/mol. The van der Waals surface area contributed by atoms with Gasteiger partial charge in [-0.05, 0) is 19.9 Å². The summed E-state index contributed by atoms with van der Waals surface area (Å²) in [6.45, 7) is 5.18. The zero-order chi connectivity index (χ0) is 10.9. The van der Waals surface area contributed by atoms with Crippen LogP contribution in [0.2, 0.25) is 0 Å². The molecule has 0 bridgehead atoms. The van der Waals surface area contributed by atoms with E-state index >= 15 is 0 Å². The minimum absolute atomic E-state index is 0.128. The molecule has 3 heteroatoms. The number of para-hydroxylation sites is 1. The maximum atomic E-state index is 10.2. The van der Waals surface area contributed by atoms with Crippen molar-refractivity contribution in [1.29, 1.82) is 0 Å². The predicted octanol–water partition coefficient (Wildman–Crippen LogP) is 1.26. The highest BCUT2D eigenvalue weighted by molar-refractivity contribution is 5.40. The molecule has 0 spiro atoms. The van der Waals surface area contributed by atoms with Crippen LogP contribution in [0.3, 0.4) is 0 Å². The number of hydrogen-bond acceptors (Lipinski definition) is 3. The van der Waals surface area contributed by atoms with Crippen LogP contribution in [0.25, 0.3) is 0 Å². The third kappa shape index (κ3) is 1.98. The van der Waals surface area contributed by atoms with Gasteiger partial charge in [-0.3, -0.25) is 0 Å². The SMILES string of the molecule is CC(C)Oc1ccccc1C1(O)CNC1. The van der Waals surface area contributed by atoms with Gasteiger partial charge in [-0.15, -0.1) is 0 Å². The van der Waals surface area contributed by atoms with Gasteiger partial charge >= 0.3 is 0 Å². The number of ether oxygens (including phenoxy) is 1. The van der Waals surface area contributed by atoms with E-state index in [1.165, 1.54) is 0 Å². The molecule has 0 radical (unpaired) electrons. The lowest BCUT2D eigenvalue weighted by molar-refractivity contribution is -0.0174. The summed E-state index contributed by atoms with van der Waals surface area (Å²) in [6.07, 6.45) is 0.128. The Kier molecular flexibility index (Phi) is 2.67. The summed E-state index contributed by atoms with van der Waals surface area (Å²) in [5, 5.41) is 13.3. The fourth-order valence-corrected chi connectivity index (χ4v) is 1.76. The van der Waals surface area contributed by atoms with Crippen LogP contribution >= 0.6 is 0 Å². The second kappa shape index (κ2) is 3.83. The Balaban J connectivity index is 2.29. The Morgan fingerprint density at radius 2 is 2.00 bits per heavy atom. The van der Waals surface area contributed by atoms with E-state index in [9.17, 15) is 5.11 Å². The first-order valence-electron chi connectivity index (χ1n) is 5.31. The van der Waals surface area contributed by atoms with Crippen molar-refractivity contribution in [2.24, 2.45) is 0 Å². The fraction of sp³-hybridized carbons (Fsp3) is 0.500. The largest absolute Gasteiger partial charge is 0.491 e. The summed E-state index contributed by atoms with van der Waals surface area (Å²) in [6, 6.07) is 7.69. The van der Waals surface area contributed by atoms with Crippen LogP contribution in [-0.2, 0) is 5.60 Å². The number of hydrogen-bond donors (Lipinski definition) is 2. The van der Waals surface area contributed by atoms with Crippen LogP contribution in [0.1, 0.15) is 19.4 Å². The average molecular weight is 207 g/mol. The number of β-amino-alcohol motifs (C(OH)–C–C–N with tert-alkyl or cyclic N) is 1. The molecule has 2 N–H and O–H groups in total. The molecule has 1 aliphatic heterocycles. The number of nitrogens with one attached hydrogen (secondary N) is 1. The minimum atomic E-state index is -0.745. The summed E-state index contributed by atoms with van der Waals surface area (Å²) < 4.78 is 5.68. The van der Waals surface area contributed by atoms with Gasteiger partial charge < -0.3 is 15.2 Å². The molecule has 82 valence electrons. The van der Waals surface area contributed by atoms with E-state index in [1.807, 2.05) is 38.1 Å². The molecule has 1 aliphatic rings. The van der Waals surface area contributed by atoms with Crippen LogP contribution in [0.5, 0.6) is 5.75 Å². The predicted molar refractivity (Wildman–Crippen MR) is 59.0 cm³/mol. The van der Waals surface area contributed by atoms with Gasteiger partial charge in [0.15, 0.2) is 0 Å².